The molecule has 5 heteroatoms. The summed E-state index contributed by atoms with van der Waals surface area (Å²) >= 11 is 2.00. The maximum atomic E-state index is 2.65. The Hall–Kier alpha value is -7.60. The molecule has 0 spiro atoms. The van der Waals surface area contributed by atoms with Crippen molar-refractivity contribution in [3.8, 4) is 22.3 Å². The monoisotopic (exact) mass is 1000 g/mol. The van der Waals surface area contributed by atoms with Crippen LogP contribution < -0.4 is 30.4 Å². The lowest BCUT2D eigenvalue weighted by atomic mass is 9.36. The van der Waals surface area contributed by atoms with Gasteiger partial charge < -0.3 is 14.7 Å². The zero-order chi connectivity index (χ0) is 52.6. The summed E-state index contributed by atoms with van der Waals surface area (Å²) in [6.07, 6.45) is 0. The average Bonchev–Trinajstić information content (AvgIpc) is 3.98. The van der Waals surface area contributed by atoms with Crippen LogP contribution in [-0.4, -0.2) is 6.71 Å². The van der Waals surface area contributed by atoms with Gasteiger partial charge in [0, 0.05) is 65.8 Å². The summed E-state index contributed by atoms with van der Waals surface area (Å²) in [6, 6.07) is 76.1. The predicted molar refractivity (Wildman–Crippen MR) is 330 cm³/mol. The van der Waals surface area contributed by atoms with E-state index in [9.17, 15) is 0 Å². The first kappa shape index (κ1) is 48.1. The quantitative estimate of drug-likeness (QED) is 0.154. The van der Waals surface area contributed by atoms with Crippen LogP contribution in [0.5, 0.6) is 0 Å². The summed E-state index contributed by atoms with van der Waals surface area (Å²) in [4.78, 5) is 7.62. The highest BCUT2D eigenvalue weighted by Gasteiger charge is 2.47. The van der Waals surface area contributed by atoms with Crippen molar-refractivity contribution < 1.29 is 0 Å². The van der Waals surface area contributed by atoms with Gasteiger partial charge in [-0.05, 0) is 168 Å². The summed E-state index contributed by atoms with van der Waals surface area (Å²) in [7, 11) is 0. The Balaban J connectivity index is 1.09. The fourth-order valence-electron chi connectivity index (χ4n) is 12.5. The van der Waals surface area contributed by atoms with Crippen LogP contribution in [0.15, 0.2) is 200 Å². The molecule has 0 unspecified atom stereocenters. The number of hydrogen-bond donors (Lipinski definition) is 0. The molecule has 2 aliphatic heterocycles. The van der Waals surface area contributed by atoms with E-state index in [0.29, 0.717) is 0 Å². The van der Waals surface area contributed by atoms with Gasteiger partial charge in [0.1, 0.15) is 0 Å². The van der Waals surface area contributed by atoms with Gasteiger partial charge in [0.15, 0.2) is 0 Å². The molecule has 9 aromatic carbocycles. The van der Waals surface area contributed by atoms with E-state index in [-0.39, 0.29) is 28.4 Å². The van der Waals surface area contributed by atoms with Gasteiger partial charge in [-0.1, -0.05) is 185 Å². The van der Waals surface area contributed by atoms with Crippen molar-refractivity contribution in [3.05, 3.63) is 228 Å². The standard InChI is InChI=1S/C71H66BN3S/c1-68(2,3)47-27-32-52(33-28-47)74-61-38-31-49(70(7,8)9)41-60(61)72-65-62(74)39-46(45-21-15-12-16-22-45)40-63(65)75(53-34-29-48(30-35-53)69(4,5)6)66-57-43-56-55-37-36-54(42-58(55)71(10,11)59(56)44-64(57)76-67(66)72)73(50-23-17-13-18-24-50)51-25-19-14-20-26-51/h12-44H,1-11H3. The van der Waals surface area contributed by atoms with Crippen LogP contribution in [0, 0.1) is 0 Å². The Morgan fingerprint density at radius 2 is 0.947 bits per heavy atom. The summed E-state index contributed by atoms with van der Waals surface area (Å²) in [5, 5.41) is 1.30. The Kier molecular flexibility index (Phi) is 10.9. The lowest BCUT2D eigenvalue weighted by Gasteiger charge is -2.44. The normalized spacial score (nSPS) is 14.3. The van der Waals surface area contributed by atoms with E-state index in [4.69, 9.17) is 0 Å². The van der Waals surface area contributed by atoms with Crippen LogP contribution in [0.2, 0.25) is 0 Å². The van der Waals surface area contributed by atoms with Gasteiger partial charge in [-0.25, -0.2) is 0 Å². The molecule has 1 aliphatic carbocycles. The molecule has 0 fully saturated rings. The van der Waals surface area contributed by atoms with Gasteiger partial charge in [0.05, 0.1) is 5.69 Å². The zero-order valence-corrected chi connectivity index (χ0v) is 46.7. The van der Waals surface area contributed by atoms with Gasteiger partial charge in [-0.3, -0.25) is 0 Å². The highest BCUT2D eigenvalue weighted by Crippen LogP contribution is 2.56. The number of fused-ring (bicyclic) bond motifs is 9. The third kappa shape index (κ3) is 7.67. The molecule has 0 atom stereocenters. The fourth-order valence-corrected chi connectivity index (χ4v) is 13.8. The van der Waals surface area contributed by atoms with Crippen molar-refractivity contribution in [2.24, 2.45) is 0 Å². The second-order valence-corrected chi connectivity index (χ2v) is 26.2. The number of hydrogen-bond acceptors (Lipinski definition) is 4. The third-order valence-corrected chi connectivity index (χ3v) is 17.9. The maximum absolute atomic E-state index is 2.65. The molecular weight excluding hydrogens is 938 g/mol. The van der Waals surface area contributed by atoms with E-state index in [1.165, 1.54) is 110 Å². The summed E-state index contributed by atoms with van der Waals surface area (Å²) < 4.78 is 2.72. The van der Waals surface area contributed by atoms with Crippen LogP contribution in [0.1, 0.15) is 104 Å². The zero-order valence-electron chi connectivity index (χ0n) is 45.9. The van der Waals surface area contributed by atoms with Gasteiger partial charge in [0.2, 0.25) is 0 Å². The van der Waals surface area contributed by atoms with Crippen LogP contribution >= 0.6 is 11.3 Å². The lowest BCUT2D eigenvalue weighted by molar-refractivity contribution is 0.590. The minimum absolute atomic E-state index is 0.00521. The van der Waals surface area contributed by atoms with E-state index in [1.54, 1.807) is 0 Å². The maximum Gasteiger partial charge on any atom is 0.264 e. The number of anilines is 9. The second kappa shape index (κ2) is 17.2. The first-order valence-electron chi connectivity index (χ1n) is 27.2. The molecular formula is C71H66BN3S. The minimum Gasteiger partial charge on any atom is -0.311 e. The number of rotatable bonds is 6. The molecule has 3 aliphatic rings. The Morgan fingerprint density at radius 3 is 1.51 bits per heavy atom. The van der Waals surface area contributed by atoms with E-state index in [1.807, 2.05) is 11.3 Å². The molecule has 3 nitrogen and oxygen atoms in total. The number of thiophene rings is 1. The van der Waals surface area contributed by atoms with E-state index < -0.39 is 0 Å². The van der Waals surface area contributed by atoms with Crippen LogP contribution in [-0.2, 0) is 21.7 Å². The van der Waals surface area contributed by atoms with Crippen molar-refractivity contribution in [1.82, 2.24) is 0 Å². The molecule has 0 N–H and O–H groups in total. The molecule has 0 saturated heterocycles. The second-order valence-electron chi connectivity index (χ2n) is 25.1. The van der Waals surface area contributed by atoms with Gasteiger partial charge in [0.25, 0.3) is 6.71 Å². The number of nitrogens with zero attached hydrogens (tertiary/aromatic N) is 3. The van der Waals surface area contributed by atoms with Crippen molar-refractivity contribution in [1.29, 1.82) is 0 Å². The van der Waals surface area contributed by atoms with E-state index in [2.05, 4.69) is 291 Å². The molecule has 0 radical (unpaired) electrons. The summed E-state index contributed by atoms with van der Waals surface area (Å²) in [5.41, 5.74) is 25.0. The molecule has 0 saturated carbocycles. The molecule has 3 heterocycles. The number of benzene rings is 9. The highest BCUT2D eigenvalue weighted by molar-refractivity contribution is 7.33. The lowest BCUT2D eigenvalue weighted by Crippen LogP contribution is -2.60. The number of para-hydroxylation sites is 2. The Morgan fingerprint density at radius 1 is 0.434 bits per heavy atom. The minimum atomic E-state index is -0.246. The van der Waals surface area contributed by atoms with E-state index >= 15 is 0 Å². The van der Waals surface area contributed by atoms with Crippen molar-refractivity contribution in [3.63, 3.8) is 0 Å². The first-order valence-corrected chi connectivity index (χ1v) is 28.0. The molecule has 10 aromatic rings. The molecule has 0 bridgehead atoms. The van der Waals surface area contributed by atoms with Crippen LogP contribution in [0.4, 0.5) is 51.2 Å². The fraction of sp³-hybridized carbons (Fsp3) is 0.211. The summed E-state index contributed by atoms with van der Waals surface area (Å²) in [5.74, 6) is 0. The van der Waals surface area contributed by atoms with Crippen molar-refractivity contribution in [2.45, 2.75) is 97.8 Å². The largest absolute Gasteiger partial charge is 0.311 e. The van der Waals surface area contributed by atoms with Gasteiger partial charge in [-0.2, -0.15) is 0 Å². The van der Waals surface area contributed by atoms with Gasteiger partial charge >= 0.3 is 0 Å². The molecule has 76 heavy (non-hydrogen) atoms. The molecule has 1 aromatic heterocycles. The van der Waals surface area contributed by atoms with Crippen LogP contribution in [0.3, 0.4) is 0 Å². The van der Waals surface area contributed by atoms with E-state index in [0.717, 1.165) is 17.1 Å². The predicted octanol–water partition coefficient (Wildman–Crippen LogP) is 18.3. The molecule has 13 rings (SSSR count). The summed E-state index contributed by atoms with van der Waals surface area (Å²) in [6.45, 7) is 25.8. The molecule has 374 valence electrons. The molecule has 0 amide bonds. The highest BCUT2D eigenvalue weighted by atomic mass is 32.1. The average molecular weight is 1000 g/mol. The topological polar surface area (TPSA) is 9.72 Å². The Bertz CT molecular complexity index is 3850. The SMILES string of the molecule is CC(C)(C)c1ccc(N2c3ccc(C(C)(C)C)cc3B3c4sc5cc6c(cc5c4N(c4ccc(C(C)(C)C)cc4)c4cc(-c5ccccc5)cc2c43)-c2ccc(N(c3ccccc3)c3ccccc3)cc2C6(C)C)cc1. The van der Waals surface area contributed by atoms with Crippen molar-refractivity contribution >= 4 is 95.0 Å². The first-order chi connectivity index (χ1) is 36.3. The third-order valence-electron chi connectivity index (χ3n) is 16.7. The Labute approximate surface area is 455 Å². The van der Waals surface area contributed by atoms with Crippen LogP contribution in [0.25, 0.3) is 32.3 Å². The van der Waals surface area contributed by atoms with Crippen molar-refractivity contribution in [2.75, 3.05) is 14.7 Å². The smallest absolute Gasteiger partial charge is 0.264 e. The van der Waals surface area contributed by atoms with Gasteiger partial charge in [-0.15, -0.1) is 11.3 Å².